The van der Waals surface area contributed by atoms with E-state index in [2.05, 4.69) is 10.2 Å². The highest BCUT2D eigenvalue weighted by molar-refractivity contribution is 6.00. The molecule has 0 aliphatic carbocycles. The first-order chi connectivity index (χ1) is 7.63. The third-order valence-electron chi connectivity index (χ3n) is 2.13. The van der Waals surface area contributed by atoms with E-state index in [4.69, 9.17) is 5.84 Å². The predicted molar refractivity (Wildman–Crippen MR) is 54.4 cm³/mol. The van der Waals surface area contributed by atoms with Crippen molar-refractivity contribution in [2.45, 2.75) is 0 Å². The number of aromatic amines is 1. The molecule has 0 aliphatic rings. The lowest BCUT2D eigenvalue weighted by atomic mass is 10.1. The summed E-state index contributed by atoms with van der Waals surface area (Å²) < 4.78 is 0. The Labute approximate surface area is 88.5 Å². The van der Waals surface area contributed by atoms with E-state index in [1.807, 2.05) is 5.43 Å². The second kappa shape index (κ2) is 3.59. The second-order valence-corrected chi connectivity index (χ2v) is 3.06. The molecule has 2 rings (SSSR count). The molecule has 0 spiro atoms. The van der Waals surface area contributed by atoms with E-state index in [1.165, 1.54) is 12.3 Å². The molecule has 0 bridgehead atoms. The molecular formula is C8H7N5O3. The summed E-state index contributed by atoms with van der Waals surface area (Å²) >= 11 is 0. The number of aromatic nitrogens is 2. The molecule has 16 heavy (non-hydrogen) atoms. The van der Waals surface area contributed by atoms with Gasteiger partial charge in [0.05, 0.1) is 22.0 Å². The van der Waals surface area contributed by atoms with Gasteiger partial charge < -0.3 is 0 Å². The van der Waals surface area contributed by atoms with Crippen LogP contribution in [0.2, 0.25) is 0 Å². The van der Waals surface area contributed by atoms with Crippen LogP contribution in [-0.4, -0.2) is 21.0 Å². The molecule has 0 saturated heterocycles. The molecule has 8 heteroatoms. The number of nitro groups is 1. The number of hydrogen-bond acceptors (Lipinski definition) is 5. The number of carbonyl (C=O) groups excluding carboxylic acids is 1. The van der Waals surface area contributed by atoms with E-state index in [1.54, 1.807) is 0 Å². The Balaban J connectivity index is 2.71. The maximum Gasteiger partial charge on any atom is 0.281 e. The van der Waals surface area contributed by atoms with Crippen LogP contribution in [0.1, 0.15) is 10.4 Å². The van der Waals surface area contributed by atoms with Crippen LogP contribution < -0.4 is 11.3 Å². The van der Waals surface area contributed by atoms with Crippen molar-refractivity contribution in [1.29, 1.82) is 0 Å². The van der Waals surface area contributed by atoms with Gasteiger partial charge in [0, 0.05) is 11.6 Å². The Morgan fingerprint density at radius 1 is 1.56 bits per heavy atom. The number of non-ortho nitro benzene ring substituents is 1. The molecule has 1 amide bonds. The maximum atomic E-state index is 11.3. The van der Waals surface area contributed by atoms with Crippen molar-refractivity contribution >= 4 is 22.5 Å². The minimum atomic E-state index is -0.598. The van der Waals surface area contributed by atoms with Crippen molar-refractivity contribution < 1.29 is 9.72 Å². The van der Waals surface area contributed by atoms with E-state index in [0.29, 0.717) is 10.9 Å². The van der Waals surface area contributed by atoms with Crippen LogP contribution in [-0.2, 0) is 0 Å². The average molecular weight is 221 g/mol. The number of nitro benzene ring substituents is 1. The molecule has 0 saturated carbocycles. The first-order valence-electron chi connectivity index (χ1n) is 4.26. The van der Waals surface area contributed by atoms with Crippen LogP contribution in [0.4, 0.5) is 5.69 Å². The van der Waals surface area contributed by atoms with Crippen molar-refractivity contribution in [1.82, 2.24) is 15.6 Å². The van der Waals surface area contributed by atoms with Gasteiger partial charge in [-0.05, 0) is 6.07 Å². The lowest BCUT2D eigenvalue weighted by molar-refractivity contribution is -0.383. The monoisotopic (exact) mass is 221 g/mol. The number of hydrazine groups is 1. The van der Waals surface area contributed by atoms with Gasteiger partial charge in [-0.1, -0.05) is 0 Å². The third kappa shape index (κ3) is 1.46. The molecule has 8 nitrogen and oxygen atoms in total. The van der Waals surface area contributed by atoms with Crippen molar-refractivity contribution in [3.8, 4) is 0 Å². The van der Waals surface area contributed by atoms with Gasteiger partial charge in [0.25, 0.3) is 11.6 Å². The number of amides is 1. The highest BCUT2D eigenvalue weighted by Crippen LogP contribution is 2.25. The van der Waals surface area contributed by atoms with Crippen molar-refractivity contribution in [2.75, 3.05) is 0 Å². The Bertz CT molecular complexity index is 576. The maximum absolute atomic E-state index is 11.3. The SMILES string of the molecule is NNC(=O)c1cc([N+](=O)[O-])c2cn[nH]c2c1. The molecule has 1 aromatic heterocycles. The summed E-state index contributed by atoms with van der Waals surface area (Å²) in [4.78, 5) is 21.5. The van der Waals surface area contributed by atoms with Crippen LogP contribution in [0, 0.1) is 10.1 Å². The summed E-state index contributed by atoms with van der Waals surface area (Å²) in [6.07, 6.45) is 1.33. The molecule has 1 aromatic carbocycles. The topological polar surface area (TPSA) is 127 Å². The summed E-state index contributed by atoms with van der Waals surface area (Å²) in [6.45, 7) is 0. The van der Waals surface area contributed by atoms with Gasteiger partial charge in [-0.3, -0.25) is 25.4 Å². The van der Waals surface area contributed by atoms with E-state index in [9.17, 15) is 14.9 Å². The predicted octanol–water partition coefficient (Wildman–Crippen LogP) is 0.0746. The van der Waals surface area contributed by atoms with Crippen molar-refractivity contribution in [3.05, 3.63) is 34.0 Å². The number of nitrogens with one attached hydrogen (secondary N) is 2. The highest BCUT2D eigenvalue weighted by atomic mass is 16.6. The number of fused-ring (bicyclic) bond motifs is 1. The Hall–Kier alpha value is -2.48. The Morgan fingerprint density at radius 3 is 2.94 bits per heavy atom. The van der Waals surface area contributed by atoms with Gasteiger partial charge in [-0.2, -0.15) is 5.10 Å². The van der Waals surface area contributed by atoms with E-state index >= 15 is 0 Å². The summed E-state index contributed by atoms with van der Waals surface area (Å²) in [7, 11) is 0. The normalized spacial score (nSPS) is 10.3. The quantitative estimate of drug-likeness (QED) is 0.286. The molecule has 1 heterocycles. The van der Waals surface area contributed by atoms with Crippen LogP contribution in [0.25, 0.3) is 10.9 Å². The molecular weight excluding hydrogens is 214 g/mol. The van der Waals surface area contributed by atoms with Crippen molar-refractivity contribution in [3.63, 3.8) is 0 Å². The zero-order valence-corrected chi connectivity index (χ0v) is 7.93. The van der Waals surface area contributed by atoms with Gasteiger partial charge >= 0.3 is 0 Å². The molecule has 0 unspecified atom stereocenters. The lowest BCUT2D eigenvalue weighted by Crippen LogP contribution is -2.29. The van der Waals surface area contributed by atoms with E-state index < -0.39 is 10.8 Å². The van der Waals surface area contributed by atoms with Crippen molar-refractivity contribution in [2.24, 2.45) is 5.84 Å². The number of rotatable bonds is 2. The Kier molecular flexibility index (Phi) is 2.25. The van der Waals surface area contributed by atoms with Gasteiger partial charge in [0.2, 0.25) is 0 Å². The molecule has 0 aliphatic heterocycles. The average Bonchev–Trinajstić information content (AvgIpc) is 2.74. The summed E-state index contributed by atoms with van der Waals surface area (Å²) in [6, 6.07) is 2.59. The number of nitrogens with two attached hydrogens (primary N) is 1. The number of nitrogen functional groups attached to an aromatic ring is 1. The molecule has 0 radical (unpaired) electrons. The zero-order chi connectivity index (χ0) is 11.7. The van der Waals surface area contributed by atoms with Crippen LogP contribution >= 0.6 is 0 Å². The summed E-state index contributed by atoms with van der Waals surface area (Å²) in [5, 5.41) is 17.4. The van der Waals surface area contributed by atoms with Gasteiger partial charge in [0.1, 0.15) is 0 Å². The fourth-order valence-electron chi connectivity index (χ4n) is 1.40. The standard InChI is InChI=1S/C8H7N5O3/c9-11-8(14)4-1-6-5(3-10-12-6)7(2-4)13(15)16/h1-3H,9H2,(H,10,12)(H,11,14). The first-order valence-corrected chi connectivity index (χ1v) is 4.26. The van der Waals surface area contributed by atoms with Crippen LogP contribution in [0.3, 0.4) is 0 Å². The Morgan fingerprint density at radius 2 is 2.31 bits per heavy atom. The summed E-state index contributed by atoms with van der Waals surface area (Å²) in [5.74, 6) is 4.36. The number of H-pyrrole nitrogens is 1. The second-order valence-electron chi connectivity index (χ2n) is 3.06. The van der Waals surface area contributed by atoms with Gasteiger partial charge in [-0.25, -0.2) is 5.84 Å². The van der Waals surface area contributed by atoms with E-state index in [0.717, 1.165) is 6.07 Å². The van der Waals surface area contributed by atoms with Crippen LogP contribution in [0.5, 0.6) is 0 Å². The zero-order valence-electron chi connectivity index (χ0n) is 7.93. The lowest BCUT2D eigenvalue weighted by Gasteiger charge is -2.00. The minimum Gasteiger partial charge on any atom is -0.290 e. The number of carbonyl (C=O) groups is 1. The minimum absolute atomic E-state index is 0.103. The molecule has 0 fully saturated rings. The molecule has 2 aromatic rings. The van der Waals surface area contributed by atoms with E-state index in [-0.39, 0.29) is 11.3 Å². The number of nitrogens with zero attached hydrogens (tertiary/aromatic N) is 2. The van der Waals surface area contributed by atoms with Crippen LogP contribution in [0.15, 0.2) is 18.3 Å². The summed E-state index contributed by atoms with van der Waals surface area (Å²) in [5.41, 5.74) is 2.23. The first kappa shape index (κ1) is 10.1. The highest BCUT2D eigenvalue weighted by Gasteiger charge is 2.17. The van der Waals surface area contributed by atoms with Gasteiger partial charge in [-0.15, -0.1) is 0 Å². The van der Waals surface area contributed by atoms with Gasteiger partial charge in [0.15, 0.2) is 0 Å². The number of hydrogen-bond donors (Lipinski definition) is 3. The number of benzene rings is 1. The molecule has 0 atom stereocenters. The molecule has 82 valence electrons. The fraction of sp³-hybridized carbons (Fsp3) is 0. The largest absolute Gasteiger partial charge is 0.290 e. The fourth-order valence-corrected chi connectivity index (χ4v) is 1.40. The molecule has 4 N–H and O–H groups in total. The smallest absolute Gasteiger partial charge is 0.281 e. The third-order valence-corrected chi connectivity index (χ3v) is 2.13.